The summed E-state index contributed by atoms with van der Waals surface area (Å²) in [6.45, 7) is 0. The van der Waals surface area contributed by atoms with Crippen LogP contribution in [-0.2, 0) is 7.05 Å². The lowest BCUT2D eigenvalue weighted by Gasteiger charge is -1.88. The Kier molecular flexibility index (Phi) is 3.90. The average molecular weight is 273 g/mol. The molecule has 2 aromatic rings. The number of hydrogen-bond donors (Lipinski definition) is 0. The Morgan fingerprint density at radius 3 is 2.95 bits per heavy atom. The zero-order chi connectivity index (χ0) is 14.5. The first-order chi connectivity index (χ1) is 9.58. The van der Waals surface area contributed by atoms with E-state index in [1.165, 1.54) is 36.3 Å². The van der Waals surface area contributed by atoms with E-state index in [0.29, 0.717) is 5.76 Å². The highest BCUT2D eigenvalue weighted by molar-refractivity contribution is 6.05. The lowest BCUT2D eigenvalue weighted by Crippen LogP contribution is -2.00. The summed E-state index contributed by atoms with van der Waals surface area (Å²) < 4.78 is 6.30. The molecule has 0 N–H and O–H groups in total. The summed E-state index contributed by atoms with van der Waals surface area (Å²) in [5, 5.41) is 14.6. The number of carbonyl (C=O) groups is 1. The van der Waals surface area contributed by atoms with Crippen LogP contribution in [0, 0.1) is 10.1 Å². The van der Waals surface area contributed by atoms with Gasteiger partial charge in [0.1, 0.15) is 12.0 Å². The van der Waals surface area contributed by atoms with Crippen molar-refractivity contribution in [2.45, 2.75) is 0 Å². The van der Waals surface area contributed by atoms with Crippen molar-refractivity contribution in [1.82, 2.24) is 9.78 Å². The van der Waals surface area contributed by atoms with Crippen LogP contribution in [-0.4, -0.2) is 20.5 Å². The van der Waals surface area contributed by atoms with Gasteiger partial charge in [0, 0.05) is 7.05 Å². The fourth-order valence-corrected chi connectivity index (χ4v) is 1.54. The van der Waals surface area contributed by atoms with Crippen molar-refractivity contribution in [2.24, 2.45) is 7.05 Å². The van der Waals surface area contributed by atoms with Crippen molar-refractivity contribution in [3.8, 4) is 0 Å². The molecular weight excluding hydrogens is 262 g/mol. The molecule has 0 aromatic carbocycles. The van der Waals surface area contributed by atoms with Gasteiger partial charge in [0.05, 0.1) is 11.2 Å². The molecule has 0 fully saturated rings. The summed E-state index contributed by atoms with van der Waals surface area (Å²) >= 11 is 0. The molecule has 0 aliphatic carbocycles. The minimum atomic E-state index is -0.632. The molecule has 0 aliphatic heterocycles. The first kappa shape index (κ1) is 13.5. The summed E-state index contributed by atoms with van der Waals surface area (Å²) in [6, 6.07) is 3.50. The van der Waals surface area contributed by atoms with Crippen LogP contribution >= 0.6 is 0 Å². The van der Waals surface area contributed by atoms with Crippen LogP contribution in [0.5, 0.6) is 0 Å². The number of carbonyl (C=O) groups excluding carboxylic acids is 1. The monoisotopic (exact) mass is 273 g/mol. The lowest BCUT2D eigenvalue weighted by atomic mass is 10.2. The van der Waals surface area contributed by atoms with E-state index >= 15 is 0 Å². The number of nitrogens with zero attached hydrogens (tertiary/aromatic N) is 3. The van der Waals surface area contributed by atoms with Gasteiger partial charge in [0.25, 0.3) is 0 Å². The van der Waals surface area contributed by atoms with Gasteiger partial charge in [-0.3, -0.25) is 19.6 Å². The SMILES string of the molecule is Cn1cc([N+](=O)[O-])c(C(=O)/C=C/C=C/c2ccco2)n1. The van der Waals surface area contributed by atoms with Crippen molar-refractivity contribution < 1.29 is 14.1 Å². The maximum atomic E-state index is 11.8. The Balaban J connectivity index is 2.10. The van der Waals surface area contributed by atoms with E-state index in [0.717, 1.165) is 0 Å². The first-order valence-electron chi connectivity index (χ1n) is 5.68. The number of furan rings is 1. The molecule has 7 heteroatoms. The zero-order valence-corrected chi connectivity index (χ0v) is 10.6. The average Bonchev–Trinajstić information content (AvgIpc) is 3.03. The maximum Gasteiger partial charge on any atom is 0.318 e. The van der Waals surface area contributed by atoms with E-state index in [-0.39, 0.29) is 11.4 Å². The zero-order valence-electron chi connectivity index (χ0n) is 10.6. The van der Waals surface area contributed by atoms with Crippen LogP contribution in [0.3, 0.4) is 0 Å². The molecule has 0 saturated heterocycles. The van der Waals surface area contributed by atoms with Gasteiger partial charge in [-0.15, -0.1) is 0 Å². The fourth-order valence-electron chi connectivity index (χ4n) is 1.54. The number of aryl methyl sites for hydroxylation is 1. The number of nitro groups is 1. The van der Waals surface area contributed by atoms with Gasteiger partial charge in [0.2, 0.25) is 11.5 Å². The van der Waals surface area contributed by atoms with E-state index in [9.17, 15) is 14.9 Å². The van der Waals surface area contributed by atoms with Crippen LogP contribution in [0.2, 0.25) is 0 Å². The first-order valence-corrected chi connectivity index (χ1v) is 5.68. The summed E-state index contributed by atoms with van der Waals surface area (Å²) in [6.07, 6.45) is 8.69. The molecule has 20 heavy (non-hydrogen) atoms. The lowest BCUT2D eigenvalue weighted by molar-refractivity contribution is -0.385. The summed E-state index contributed by atoms with van der Waals surface area (Å²) in [5.74, 6) is 0.118. The molecule has 0 atom stereocenters. The highest BCUT2D eigenvalue weighted by Gasteiger charge is 2.22. The second kappa shape index (κ2) is 5.79. The van der Waals surface area contributed by atoms with Gasteiger partial charge in [-0.25, -0.2) is 0 Å². The molecule has 7 nitrogen and oxygen atoms in total. The molecular formula is C13H11N3O4. The minimum Gasteiger partial charge on any atom is -0.465 e. The summed E-state index contributed by atoms with van der Waals surface area (Å²) in [4.78, 5) is 22.0. The third-order valence-corrected chi connectivity index (χ3v) is 2.40. The Hall–Kier alpha value is -2.96. The molecule has 0 radical (unpaired) electrons. The van der Waals surface area contributed by atoms with Crippen LogP contribution in [0.4, 0.5) is 5.69 Å². The second-order valence-corrected chi connectivity index (χ2v) is 3.89. The van der Waals surface area contributed by atoms with Gasteiger partial charge >= 0.3 is 5.69 Å². The van der Waals surface area contributed by atoms with Crippen molar-refractivity contribution in [3.05, 3.63) is 64.4 Å². The normalized spacial score (nSPS) is 11.4. The highest BCUT2D eigenvalue weighted by Crippen LogP contribution is 2.16. The van der Waals surface area contributed by atoms with E-state index in [4.69, 9.17) is 4.42 Å². The van der Waals surface area contributed by atoms with Crippen molar-refractivity contribution in [1.29, 1.82) is 0 Å². The number of rotatable bonds is 5. The third-order valence-electron chi connectivity index (χ3n) is 2.40. The number of ketones is 1. The highest BCUT2D eigenvalue weighted by atomic mass is 16.6. The van der Waals surface area contributed by atoms with Gasteiger partial charge in [0.15, 0.2) is 0 Å². The van der Waals surface area contributed by atoms with Gasteiger partial charge < -0.3 is 4.42 Å². The fraction of sp³-hybridized carbons (Fsp3) is 0.0769. The topological polar surface area (TPSA) is 91.2 Å². The predicted octanol–water partition coefficient (Wildman–Crippen LogP) is 2.37. The smallest absolute Gasteiger partial charge is 0.318 e. The summed E-state index contributed by atoms with van der Waals surface area (Å²) in [7, 11) is 1.52. The minimum absolute atomic E-state index is 0.180. The standard InChI is InChI=1S/C13H11N3O4/c1-15-9-11(16(18)19)13(14-15)12(17)7-3-2-5-10-6-4-8-20-10/h2-9H,1H3/b5-2+,7-3+. The molecule has 0 unspecified atom stereocenters. The maximum absolute atomic E-state index is 11.8. The van der Waals surface area contributed by atoms with Crippen LogP contribution in [0.15, 0.2) is 47.2 Å². The number of aromatic nitrogens is 2. The van der Waals surface area contributed by atoms with E-state index in [1.807, 2.05) is 0 Å². The van der Waals surface area contributed by atoms with Crippen molar-refractivity contribution >= 4 is 17.5 Å². The Morgan fingerprint density at radius 1 is 1.50 bits per heavy atom. The third kappa shape index (κ3) is 3.08. The number of allylic oxidation sites excluding steroid dienone is 3. The molecule has 2 heterocycles. The Morgan fingerprint density at radius 2 is 2.30 bits per heavy atom. The van der Waals surface area contributed by atoms with Crippen molar-refractivity contribution in [2.75, 3.05) is 0 Å². The molecule has 0 amide bonds. The summed E-state index contributed by atoms with van der Waals surface area (Å²) in [5.41, 5.74) is -0.489. The molecule has 0 saturated carbocycles. The molecule has 2 rings (SSSR count). The second-order valence-electron chi connectivity index (χ2n) is 3.89. The molecule has 102 valence electrons. The van der Waals surface area contributed by atoms with E-state index in [2.05, 4.69) is 5.10 Å². The largest absolute Gasteiger partial charge is 0.465 e. The van der Waals surface area contributed by atoms with Gasteiger partial charge in [-0.2, -0.15) is 5.10 Å². The van der Waals surface area contributed by atoms with Crippen LogP contribution in [0.25, 0.3) is 6.08 Å². The van der Waals surface area contributed by atoms with E-state index in [1.54, 1.807) is 24.3 Å². The molecule has 0 spiro atoms. The van der Waals surface area contributed by atoms with Crippen molar-refractivity contribution in [3.63, 3.8) is 0 Å². The number of hydrogen-bond acceptors (Lipinski definition) is 5. The van der Waals surface area contributed by atoms with Crippen LogP contribution in [0.1, 0.15) is 16.2 Å². The van der Waals surface area contributed by atoms with Gasteiger partial charge in [-0.05, 0) is 24.3 Å². The Bertz CT molecular complexity index is 681. The molecule has 0 aliphatic rings. The van der Waals surface area contributed by atoms with E-state index < -0.39 is 10.7 Å². The predicted molar refractivity (Wildman–Crippen MR) is 71.1 cm³/mol. The van der Waals surface area contributed by atoms with Gasteiger partial charge in [-0.1, -0.05) is 12.2 Å². The molecule has 0 bridgehead atoms. The quantitative estimate of drug-likeness (QED) is 0.274. The Labute approximate surface area is 114 Å². The van der Waals surface area contributed by atoms with Crippen LogP contribution < -0.4 is 0 Å². The molecule has 2 aromatic heterocycles.